The van der Waals surface area contributed by atoms with Gasteiger partial charge in [0, 0.05) is 36.4 Å². The van der Waals surface area contributed by atoms with E-state index in [0.717, 1.165) is 37.3 Å². The zero-order chi connectivity index (χ0) is 17.8. The molecule has 1 aromatic rings. The molecule has 152 valence electrons. The van der Waals surface area contributed by atoms with Gasteiger partial charge in [-0.3, -0.25) is 9.59 Å². The van der Waals surface area contributed by atoms with Crippen LogP contribution >= 0.6 is 24.8 Å². The quantitative estimate of drug-likeness (QED) is 0.688. The third-order valence-electron chi connectivity index (χ3n) is 5.18. The number of nitrogens with one attached hydrogen (secondary N) is 2. The summed E-state index contributed by atoms with van der Waals surface area (Å²) in [5.74, 6) is -0.334. The molecule has 1 heterocycles. The number of benzene rings is 1. The normalized spacial score (nSPS) is 22.4. The van der Waals surface area contributed by atoms with Gasteiger partial charge in [-0.2, -0.15) is 0 Å². The molecule has 4 N–H and O–H groups in total. The Balaban J connectivity index is 0.00000182. The van der Waals surface area contributed by atoms with Crippen molar-refractivity contribution in [2.75, 3.05) is 23.3 Å². The van der Waals surface area contributed by atoms with Gasteiger partial charge in [-0.25, -0.2) is 0 Å². The van der Waals surface area contributed by atoms with Crippen LogP contribution in [0, 0.1) is 5.92 Å². The van der Waals surface area contributed by atoms with Crippen molar-refractivity contribution in [1.29, 1.82) is 0 Å². The molecule has 6 nitrogen and oxygen atoms in total. The molecule has 1 saturated heterocycles. The lowest BCUT2D eigenvalue weighted by atomic mass is 10.1. The van der Waals surface area contributed by atoms with Crippen LogP contribution in [0.1, 0.15) is 39.0 Å². The first-order valence-electron chi connectivity index (χ1n) is 9.25. The number of carbonyl (C=O) groups is 2. The second kappa shape index (κ2) is 10.7. The molecule has 3 unspecified atom stereocenters. The summed E-state index contributed by atoms with van der Waals surface area (Å²) in [5.41, 5.74) is 7.75. The largest absolute Gasteiger partial charge is 0.371 e. The van der Waals surface area contributed by atoms with Crippen LogP contribution in [-0.4, -0.2) is 37.0 Å². The molecule has 0 bridgehead atoms. The van der Waals surface area contributed by atoms with Gasteiger partial charge >= 0.3 is 0 Å². The number of rotatable bonds is 5. The maximum absolute atomic E-state index is 12.4. The van der Waals surface area contributed by atoms with Crippen LogP contribution in [0.2, 0.25) is 0 Å². The minimum absolute atomic E-state index is 0. The van der Waals surface area contributed by atoms with Crippen LogP contribution in [0.3, 0.4) is 0 Å². The predicted octanol–water partition coefficient (Wildman–Crippen LogP) is 2.70. The van der Waals surface area contributed by atoms with Crippen molar-refractivity contribution in [2.45, 2.75) is 51.1 Å². The lowest BCUT2D eigenvalue weighted by molar-refractivity contribution is -0.128. The number of nitrogens with zero attached hydrogens (tertiary/aromatic N) is 1. The Labute approximate surface area is 173 Å². The van der Waals surface area contributed by atoms with E-state index in [1.807, 2.05) is 18.2 Å². The molecule has 0 aromatic heterocycles. The molecule has 1 aliphatic carbocycles. The van der Waals surface area contributed by atoms with Gasteiger partial charge in [-0.15, -0.1) is 24.8 Å². The highest BCUT2D eigenvalue weighted by Gasteiger charge is 2.29. The topological polar surface area (TPSA) is 87.5 Å². The third-order valence-corrected chi connectivity index (χ3v) is 5.18. The van der Waals surface area contributed by atoms with Gasteiger partial charge in [0.05, 0.1) is 0 Å². The second-order valence-electron chi connectivity index (χ2n) is 7.23. The average Bonchev–Trinajstić information content (AvgIpc) is 3.26. The summed E-state index contributed by atoms with van der Waals surface area (Å²) in [7, 11) is 0. The fraction of sp³-hybridized carbons (Fsp3) is 0.579. The van der Waals surface area contributed by atoms with Crippen LogP contribution in [0.4, 0.5) is 11.4 Å². The molecule has 1 aromatic carbocycles. The molecule has 8 heteroatoms. The highest BCUT2D eigenvalue weighted by atomic mass is 35.5. The van der Waals surface area contributed by atoms with Crippen LogP contribution in [0.15, 0.2) is 24.3 Å². The molecular formula is C19H30Cl2N4O2. The van der Waals surface area contributed by atoms with E-state index in [4.69, 9.17) is 5.73 Å². The van der Waals surface area contributed by atoms with Crippen molar-refractivity contribution in [3.63, 3.8) is 0 Å². The zero-order valence-corrected chi connectivity index (χ0v) is 17.3. The average molecular weight is 417 g/mol. The Hall–Kier alpha value is -1.50. The lowest BCUT2D eigenvalue weighted by Gasteiger charge is -2.20. The van der Waals surface area contributed by atoms with Crippen molar-refractivity contribution in [2.24, 2.45) is 11.7 Å². The second-order valence-corrected chi connectivity index (χ2v) is 7.23. The van der Waals surface area contributed by atoms with E-state index in [-0.39, 0.29) is 48.6 Å². The number of hydrogen-bond acceptors (Lipinski definition) is 4. The smallest absolute Gasteiger partial charge is 0.246 e. The summed E-state index contributed by atoms with van der Waals surface area (Å²) in [6.07, 6.45) is 4.81. The summed E-state index contributed by atoms with van der Waals surface area (Å²) < 4.78 is 0. The monoisotopic (exact) mass is 416 g/mol. The molecule has 0 spiro atoms. The standard InChI is InChI=1S/C19H28N4O2.2ClH/c1-13(21-19(25)14-7-8-15(20)11-14)18(24)22-16-5-4-6-17(12-16)23-9-2-3-10-23;;/h4-6,12-15H,2-3,7-11,20H2,1H3,(H,21,25)(H,22,24);2*1H. The molecule has 1 aliphatic heterocycles. The molecular weight excluding hydrogens is 387 g/mol. The maximum atomic E-state index is 12.4. The summed E-state index contributed by atoms with van der Waals surface area (Å²) in [6.45, 7) is 3.84. The van der Waals surface area contributed by atoms with E-state index in [9.17, 15) is 9.59 Å². The van der Waals surface area contributed by atoms with Crippen molar-refractivity contribution in [3.05, 3.63) is 24.3 Å². The summed E-state index contributed by atoms with van der Waals surface area (Å²) in [5, 5.41) is 5.72. The molecule has 3 rings (SSSR count). The fourth-order valence-electron chi connectivity index (χ4n) is 3.66. The van der Waals surface area contributed by atoms with Crippen LogP contribution in [0.25, 0.3) is 0 Å². The Morgan fingerprint density at radius 1 is 1.19 bits per heavy atom. The third kappa shape index (κ3) is 6.26. The Morgan fingerprint density at radius 2 is 1.89 bits per heavy atom. The molecule has 27 heavy (non-hydrogen) atoms. The lowest BCUT2D eigenvalue weighted by Crippen LogP contribution is -2.44. The van der Waals surface area contributed by atoms with Crippen LogP contribution < -0.4 is 21.3 Å². The minimum atomic E-state index is -0.570. The first-order valence-corrected chi connectivity index (χ1v) is 9.25. The molecule has 2 amide bonds. The summed E-state index contributed by atoms with van der Waals surface area (Å²) in [6, 6.07) is 7.42. The van der Waals surface area contributed by atoms with Crippen LogP contribution in [0.5, 0.6) is 0 Å². The molecule has 1 saturated carbocycles. The first kappa shape index (κ1) is 23.5. The Kier molecular flexibility index (Phi) is 9.36. The number of carbonyl (C=O) groups excluding carboxylic acids is 2. The van der Waals surface area contributed by atoms with Gasteiger partial charge in [0.25, 0.3) is 0 Å². The van der Waals surface area contributed by atoms with Crippen molar-refractivity contribution < 1.29 is 9.59 Å². The summed E-state index contributed by atoms with van der Waals surface area (Å²) in [4.78, 5) is 27.0. The van der Waals surface area contributed by atoms with Gasteiger partial charge in [0.1, 0.15) is 6.04 Å². The number of amides is 2. The van der Waals surface area contributed by atoms with Gasteiger partial charge in [0.2, 0.25) is 11.8 Å². The van der Waals surface area contributed by atoms with Gasteiger partial charge in [0.15, 0.2) is 0 Å². The van der Waals surface area contributed by atoms with Gasteiger partial charge < -0.3 is 21.3 Å². The van der Waals surface area contributed by atoms with Gasteiger partial charge in [-0.1, -0.05) is 6.07 Å². The van der Waals surface area contributed by atoms with E-state index in [1.54, 1.807) is 6.92 Å². The fourth-order valence-corrected chi connectivity index (χ4v) is 3.66. The highest BCUT2D eigenvalue weighted by Crippen LogP contribution is 2.25. The van der Waals surface area contributed by atoms with Crippen molar-refractivity contribution in [1.82, 2.24) is 5.32 Å². The minimum Gasteiger partial charge on any atom is -0.371 e. The number of nitrogens with two attached hydrogens (primary N) is 1. The number of halogens is 2. The first-order chi connectivity index (χ1) is 12.0. The zero-order valence-electron chi connectivity index (χ0n) is 15.6. The molecule has 0 radical (unpaired) electrons. The SMILES string of the molecule is CC(NC(=O)C1CCC(N)C1)C(=O)Nc1cccc(N2CCCC2)c1.Cl.Cl. The highest BCUT2D eigenvalue weighted by molar-refractivity contribution is 5.97. The van der Waals surface area contributed by atoms with Crippen molar-refractivity contribution >= 4 is 48.0 Å². The maximum Gasteiger partial charge on any atom is 0.246 e. The molecule has 2 aliphatic rings. The number of hydrogen-bond donors (Lipinski definition) is 3. The molecule has 2 fully saturated rings. The van der Waals surface area contributed by atoms with E-state index < -0.39 is 6.04 Å². The number of anilines is 2. The predicted molar refractivity (Wildman–Crippen MR) is 114 cm³/mol. The van der Waals surface area contributed by atoms with E-state index >= 15 is 0 Å². The van der Waals surface area contributed by atoms with Gasteiger partial charge in [-0.05, 0) is 57.2 Å². The Morgan fingerprint density at radius 3 is 2.52 bits per heavy atom. The van der Waals surface area contributed by atoms with E-state index in [0.29, 0.717) is 6.42 Å². The van der Waals surface area contributed by atoms with E-state index in [2.05, 4.69) is 21.6 Å². The van der Waals surface area contributed by atoms with E-state index in [1.165, 1.54) is 12.8 Å². The van der Waals surface area contributed by atoms with Crippen LogP contribution in [-0.2, 0) is 9.59 Å². The van der Waals surface area contributed by atoms with Crippen molar-refractivity contribution in [3.8, 4) is 0 Å². The Bertz CT molecular complexity index is 638. The summed E-state index contributed by atoms with van der Waals surface area (Å²) >= 11 is 0. The molecule has 3 atom stereocenters.